The van der Waals surface area contributed by atoms with Gasteiger partial charge in [-0.15, -0.1) is 0 Å². The van der Waals surface area contributed by atoms with Crippen LogP contribution in [0.1, 0.15) is 62.8 Å². The summed E-state index contributed by atoms with van der Waals surface area (Å²) in [6, 6.07) is 10.9. The molecule has 3 rings (SSSR count). The first-order valence-corrected chi connectivity index (χ1v) is 9.07. The molecule has 0 amide bonds. The number of nitrogens with one attached hydrogen (secondary N) is 1. The molecule has 0 aliphatic heterocycles. The van der Waals surface area contributed by atoms with Crippen molar-refractivity contribution in [2.75, 3.05) is 13.7 Å². The van der Waals surface area contributed by atoms with Crippen LogP contribution in [-0.4, -0.2) is 25.2 Å². The summed E-state index contributed by atoms with van der Waals surface area (Å²) in [5, 5.41) is 3.72. The van der Waals surface area contributed by atoms with Gasteiger partial charge in [0.1, 0.15) is 0 Å². The number of hydrogen-bond donors (Lipinski definition) is 1. The van der Waals surface area contributed by atoms with E-state index in [1.165, 1.54) is 44.8 Å². The molecule has 0 aromatic heterocycles. The first-order valence-electron chi connectivity index (χ1n) is 9.07. The maximum absolute atomic E-state index is 11.6. The zero-order valence-corrected chi connectivity index (χ0v) is 14.2. The van der Waals surface area contributed by atoms with Gasteiger partial charge in [0.15, 0.2) is 0 Å². The molecule has 126 valence electrons. The monoisotopic (exact) mass is 315 g/mol. The summed E-state index contributed by atoms with van der Waals surface area (Å²) >= 11 is 0. The Bertz CT molecular complexity index is 502. The van der Waals surface area contributed by atoms with Crippen molar-refractivity contribution in [3.63, 3.8) is 0 Å². The largest absolute Gasteiger partial charge is 0.469 e. The SMILES string of the molecule is COC(=O)CC1(NCC2CCC(c3ccccc3)CC2)CCC1. The van der Waals surface area contributed by atoms with Crippen LogP contribution in [0.2, 0.25) is 0 Å². The van der Waals surface area contributed by atoms with Gasteiger partial charge in [-0.2, -0.15) is 0 Å². The average Bonchev–Trinajstić information content (AvgIpc) is 2.58. The second-order valence-corrected chi connectivity index (χ2v) is 7.40. The summed E-state index contributed by atoms with van der Waals surface area (Å²) < 4.78 is 4.86. The van der Waals surface area contributed by atoms with Crippen molar-refractivity contribution in [3.05, 3.63) is 35.9 Å². The maximum Gasteiger partial charge on any atom is 0.307 e. The predicted molar refractivity (Wildman–Crippen MR) is 92.4 cm³/mol. The summed E-state index contributed by atoms with van der Waals surface area (Å²) in [6.45, 7) is 1.05. The zero-order valence-electron chi connectivity index (χ0n) is 14.2. The molecule has 23 heavy (non-hydrogen) atoms. The van der Waals surface area contributed by atoms with E-state index in [4.69, 9.17) is 4.74 Å². The molecule has 2 fully saturated rings. The van der Waals surface area contributed by atoms with Crippen molar-refractivity contribution in [3.8, 4) is 0 Å². The molecule has 0 saturated heterocycles. The molecule has 1 N–H and O–H groups in total. The van der Waals surface area contributed by atoms with Crippen molar-refractivity contribution in [2.24, 2.45) is 5.92 Å². The number of esters is 1. The fourth-order valence-corrected chi connectivity index (χ4v) is 4.15. The number of rotatable bonds is 6. The Balaban J connectivity index is 1.45. The number of carbonyl (C=O) groups excluding carboxylic acids is 1. The Morgan fingerprint density at radius 3 is 2.43 bits per heavy atom. The molecule has 2 aliphatic rings. The minimum atomic E-state index is -0.0787. The van der Waals surface area contributed by atoms with Crippen LogP contribution in [0.4, 0.5) is 0 Å². The fraction of sp³-hybridized carbons (Fsp3) is 0.650. The van der Waals surface area contributed by atoms with Gasteiger partial charge >= 0.3 is 5.97 Å². The Kier molecular flexibility index (Phi) is 5.37. The highest BCUT2D eigenvalue weighted by Crippen LogP contribution is 2.38. The second-order valence-electron chi connectivity index (χ2n) is 7.40. The van der Waals surface area contributed by atoms with Crippen molar-refractivity contribution in [1.29, 1.82) is 0 Å². The van der Waals surface area contributed by atoms with Crippen molar-refractivity contribution < 1.29 is 9.53 Å². The highest BCUT2D eigenvalue weighted by Gasteiger charge is 2.39. The lowest BCUT2D eigenvalue weighted by Crippen LogP contribution is -2.53. The summed E-state index contributed by atoms with van der Waals surface area (Å²) in [4.78, 5) is 11.6. The van der Waals surface area contributed by atoms with Gasteiger partial charge in [0.05, 0.1) is 13.5 Å². The van der Waals surface area contributed by atoms with E-state index in [1.807, 2.05) is 0 Å². The molecule has 0 bridgehead atoms. The summed E-state index contributed by atoms with van der Waals surface area (Å²) in [5.74, 6) is 1.41. The highest BCUT2D eigenvalue weighted by atomic mass is 16.5. The maximum atomic E-state index is 11.6. The van der Waals surface area contributed by atoms with Crippen molar-refractivity contribution in [1.82, 2.24) is 5.32 Å². The Hall–Kier alpha value is -1.35. The van der Waals surface area contributed by atoms with E-state index in [2.05, 4.69) is 35.6 Å². The van der Waals surface area contributed by atoms with Crippen molar-refractivity contribution >= 4 is 5.97 Å². The molecule has 1 aromatic carbocycles. The lowest BCUT2D eigenvalue weighted by molar-refractivity contribution is -0.143. The van der Waals surface area contributed by atoms with E-state index in [-0.39, 0.29) is 11.5 Å². The highest BCUT2D eigenvalue weighted by molar-refractivity contribution is 5.71. The predicted octanol–water partition coefficient (Wildman–Crippen LogP) is 4.04. The molecule has 2 saturated carbocycles. The summed E-state index contributed by atoms with van der Waals surface area (Å²) in [7, 11) is 1.49. The fourth-order valence-electron chi connectivity index (χ4n) is 4.15. The van der Waals surface area contributed by atoms with E-state index >= 15 is 0 Å². The molecule has 0 heterocycles. The van der Waals surface area contributed by atoms with Crippen LogP contribution >= 0.6 is 0 Å². The Labute approximate surface area is 139 Å². The topological polar surface area (TPSA) is 38.3 Å². The van der Waals surface area contributed by atoms with Gasteiger partial charge in [-0.25, -0.2) is 0 Å². The molecular formula is C20H29NO2. The number of carbonyl (C=O) groups is 1. The van der Waals surface area contributed by atoms with Crippen LogP contribution in [0.5, 0.6) is 0 Å². The van der Waals surface area contributed by atoms with Crippen LogP contribution in [0.3, 0.4) is 0 Å². The van der Waals surface area contributed by atoms with E-state index < -0.39 is 0 Å². The standard InChI is InChI=1S/C20H29NO2/c1-23-19(22)14-20(12-5-13-20)21-15-16-8-10-18(11-9-16)17-6-3-2-4-7-17/h2-4,6-7,16,18,21H,5,8-15H2,1H3. The van der Waals surface area contributed by atoms with E-state index in [1.54, 1.807) is 0 Å². The van der Waals surface area contributed by atoms with Crippen molar-refractivity contribution in [2.45, 2.75) is 62.8 Å². The lowest BCUT2D eigenvalue weighted by atomic mass is 9.73. The Morgan fingerprint density at radius 2 is 1.87 bits per heavy atom. The summed E-state index contributed by atoms with van der Waals surface area (Å²) in [5.41, 5.74) is 1.53. The number of hydrogen-bond acceptors (Lipinski definition) is 3. The summed E-state index contributed by atoms with van der Waals surface area (Å²) in [6.07, 6.45) is 9.15. The van der Waals surface area contributed by atoms with Gasteiger partial charge in [0.2, 0.25) is 0 Å². The minimum Gasteiger partial charge on any atom is -0.469 e. The van der Waals surface area contributed by atoms with Gasteiger partial charge in [0.25, 0.3) is 0 Å². The Morgan fingerprint density at radius 1 is 1.17 bits per heavy atom. The third-order valence-electron chi connectivity index (χ3n) is 5.90. The van der Waals surface area contributed by atoms with Gasteiger partial charge in [-0.3, -0.25) is 4.79 Å². The number of ether oxygens (including phenoxy) is 1. The second kappa shape index (κ2) is 7.48. The normalized spacial score (nSPS) is 26.3. The molecule has 0 unspecified atom stereocenters. The molecule has 3 heteroatoms. The number of benzene rings is 1. The van der Waals surface area contributed by atoms with Crippen LogP contribution < -0.4 is 5.32 Å². The third-order valence-corrected chi connectivity index (χ3v) is 5.90. The zero-order chi connectivity index (χ0) is 16.1. The molecule has 0 radical (unpaired) electrons. The minimum absolute atomic E-state index is 0.0311. The van der Waals surface area contributed by atoms with Gasteiger partial charge < -0.3 is 10.1 Å². The quantitative estimate of drug-likeness (QED) is 0.805. The first-order chi connectivity index (χ1) is 11.2. The number of methoxy groups -OCH3 is 1. The molecule has 2 aliphatic carbocycles. The van der Waals surface area contributed by atoms with E-state index in [0.29, 0.717) is 6.42 Å². The van der Waals surface area contributed by atoms with Gasteiger partial charge in [0, 0.05) is 5.54 Å². The molecular weight excluding hydrogens is 286 g/mol. The smallest absolute Gasteiger partial charge is 0.307 e. The van der Waals surface area contributed by atoms with Crippen LogP contribution in [0, 0.1) is 5.92 Å². The van der Waals surface area contributed by atoms with Crippen LogP contribution in [-0.2, 0) is 9.53 Å². The third kappa shape index (κ3) is 4.14. The van der Waals surface area contributed by atoms with Gasteiger partial charge in [-0.1, -0.05) is 30.3 Å². The average molecular weight is 315 g/mol. The van der Waals surface area contributed by atoms with E-state index in [9.17, 15) is 4.79 Å². The lowest BCUT2D eigenvalue weighted by Gasteiger charge is -2.43. The first kappa shape index (κ1) is 16.5. The molecule has 0 atom stereocenters. The van der Waals surface area contributed by atoms with Crippen LogP contribution in [0.15, 0.2) is 30.3 Å². The molecule has 1 aromatic rings. The molecule has 3 nitrogen and oxygen atoms in total. The van der Waals surface area contributed by atoms with E-state index in [0.717, 1.165) is 31.2 Å². The molecule has 0 spiro atoms. The van der Waals surface area contributed by atoms with Crippen LogP contribution in [0.25, 0.3) is 0 Å². The van der Waals surface area contributed by atoms with Gasteiger partial charge in [-0.05, 0) is 68.9 Å².